The molecule has 0 radical (unpaired) electrons. The number of sulfone groups is 1. The molecule has 0 spiro atoms. The minimum absolute atomic E-state index is 0.0401. The maximum Gasteiger partial charge on any atom is 0.235 e. The summed E-state index contributed by atoms with van der Waals surface area (Å²) in [5.74, 6) is 0. The van der Waals surface area contributed by atoms with Crippen LogP contribution in [0.5, 0.6) is 0 Å². The molecule has 0 aromatic heterocycles. The van der Waals surface area contributed by atoms with Gasteiger partial charge in [0.05, 0.1) is 11.5 Å². The van der Waals surface area contributed by atoms with Crippen LogP contribution in [0.3, 0.4) is 0 Å². The first-order valence-electron chi connectivity index (χ1n) is 6.51. The summed E-state index contributed by atoms with van der Waals surface area (Å²) in [6.07, 6.45) is 0. The van der Waals surface area contributed by atoms with Crippen molar-refractivity contribution < 1.29 is 13.2 Å². The highest BCUT2D eigenvalue weighted by atomic mass is 32.2. The lowest BCUT2D eigenvalue weighted by atomic mass is 10.2. The molecule has 0 aliphatic heterocycles. The lowest BCUT2D eigenvalue weighted by molar-refractivity contribution is 0.129. The largest absolute Gasteiger partial charge is 0.355 e. The first kappa shape index (κ1) is 15.9. The van der Waals surface area contributed by atoms with Gasteiger partial charge in [-0.2, -0.15) is 5.26 Å². The predicted molar refractivity (Wildman–Crippen MR) is 82.8 cm³/mol. The number of hydrogen-bond donors (Lipinski definition) is 0. The summed E-state index contributed by atoms with van der Waals surface area (Å²) in [4.78, 5) is 3.79. The fourth-order valence-electron chi connectivity index (χ4n) is 1.73. The highest BCUT2D eigenvalue weighted by molar-refractivity contribution is 8.07. The number of benzene rings is 2. The number of nitriles is 1. The van der Waals surface area contributed by atoms with Gasteiger partial charge in [-0.25, -0.2) is 13.4 Å². The monoisotopic (exact) mass is 314 g/mol. The number of hydrogen-bond acceptors (Lipinski definition) is 5. The van der Waals surface area contributed by atoms with Crippen molar-refractivity contribution in [2.24, 2.45) is 4.99 Å². The van der Waals surface area contributed by atoms with E-state index in [4.69, 9.17) is 10.00 Å². The van der Waals surface area contributed by atoms with E-state index in [2.05, 4.69) is 4.99 Å². The molecule has 0 aliphatic carbocycles. The zero-order valence-corrected chi connectivity index (χ0v) is 12.5. The van der Waals surface area contributed by atoms with Gasteiger partial charge in [-0.3, -0.25) is 0 Å². The maximum absolute atomic E-state index is 12.2. The molecule has 0 saturated carbocycles. The van der Waals surface area contributed by atoms with Crippen LogP contribution < -0.4 is 0 Å². The van der Waals surface area contributed by atoms with Crippen LogP contribution in [0.2, 0.25) is 0 Å². The Morgan fingerprint density at radius 2 is 1.64 bits per heavy atom. The van der Waals surface area contributed by atoms with Crippen molar-refractivity contribution in [3.05, 3.63) is 66.2 Å². The highest BCUT2D eigenvalue weighted by Gasteiger charge is 2.21. The smallest absolute Gasteiger partial charge is 0.235 e. The summed E-state index contributed by atoms with van der Waals surface area (Å²) in [5.41, 5.74) is 0.946. The molecule has 0 unspecified atom stereocenters. The summed E-state index contributed by atoms with van der Waals surface area (Å²) in [7, 11) is -3.89. The average molecular weight is 314 g/mol. The first-order chi connectivity index (χ1) is 10.6. The number of rotatable bonds is 5. The van der Waals surface area contributed by atoms with Gasteiger partial charge in [0.1, 0.15) is 12.8 Å². The molecule has 6 heteroatoms. The molecule has 0 atom stereocenters. The molecule has 5 nitrogen and oxygen atoms in total. The number of aliphatic imine (C=N–C) groups is 1. The standard InChI is InChI=1S/C16H14N2O3S/c17-11-16(22(19,20)15-9-5-2-6-10-15)18-13-21-12-14-7-3-1-4-8-14/h1-10H,12-13H2. The Labute approximate surface area is 129 Å². The van der Waals surface area contributed by atoms with E-state index in [0.29, 0.717) is 6.61 Å². The number of ether oxygens (including phenoxy) is 1. The van der Waals surface area contributed by atoms with Gasteiger partial charge in [-0.1, -0.05) is 48.5 Å². The van der Waals surface area contributed by atoms with Crippen molar-refractivity contribution in [3.8, 4) is 6.07 Å². The van der Waals surface area contributed by atoms with Crippen LogP contribution in [0.15, 0.2) is 70.6 Å². The first-order valence-corrected chi connectivity index (χ1v) is 7.99. The van der Waals surface area contributed by atoms with Crippen molar-refractivity contribution in [1.29, 1.82) is 5.26 Å². The van der Waals surface area contributed by atoms with E-state index >= 15 is 0 Å². The van der Waals surface area contributed by atoms with Crippen LogP contribution in [0.1, 0.15) is 5.56 Å². The summed E-state index contributed by atoms with van der Waals surface area (Å²) < 4.78 is 29.7. The lowest BCUT2D eigenvalue weighted by Gasteiger charge is -2.03. The van der Waals surface area contributed by atoms with Gasteiger partial charge >= 0.3 is 0 Å². The van der Waals surface area contributed by atoms with Gasteiger partial charge in [-0.05, 0) is 17.7 Å². The molecular weight excluding hydrogens is 300 g/mol. The molecule has 2 rings (SSSR count). The molecule has 22 heavy (non-hydrogen) atoms. The van der Waals surface area contributed by atoms with Crippen LogP contribution >= 0.6 is 0 Å². The van der Waals surface area contributed by atoms with Crippen molar-refractivity contribution in [2.45, 2.75) is 11.5 Å². The molecule has 0 bridgehead atoms. The summed E-state index contributed by atoms with van der Waals surface area (Å²) in [6, 6.07) is 18.8. The van der Waals surface area contributed by atoms with Crippen molar-refractivity contribution in [3.63, 3.8) is 0 Å². The Kier molecular flexibility index (Phi) is 5.42. The lowest BCUT2D eigenvalue weighted by Crippen LogP contribution is -2.14. The van der Waals surface area contributed by atoms with E-state index in [0.717, 1.165) is 5.56 Å². The van der Waals surface area contributed by atoms with Crippen molar-refractivity contribution in [1.82, 2.24) is 0 Å². The molecule has 2 aromatic carbocycles. The van der Waals surface area contributed by atoms with Crippen LogP contribution in [0, 0.1) is 11.3 Å². The summed E-state index contributed by atoms with van der Waals surface area (Å²) in [6.45, 7) is 0.109. The quantitative estimate of drug-likeness (QED) is 0.482. The maximum atomic E-state index is 12.2. The Morgan fingerprint density at radius 1 is 1.05 bits per heavy atom. The van der Waals surface area contributed by atoms with E-state index in [9.17, 15) is 8.42 Å². The highest BCUT2D eigenvalue weighted by Crippen LogP contribution is 2.12. The Balaban J connectivity index is 2.04. The minimum atomic E-state index is -3.89. The minimum Gasteiger partial charge on any atom is -0.355 e. The zero-order valence-electron chi connectivity index (χ0n) is 11.7. The van der Waals surface area contributed by atoms with Crippen LogP contribution in [0.4, 0.5) is 0 Å². The summed E-state index contributed by atoms with van der Waals surface area (Å²) >= 11 is 0. The van der Waals surface area contributed by atoms with Crippen molar-refractivity contribution >= 4 is 14.9 Å². The van der Waals surface area contributed by atoms with Gasteiger partial charge in [0, 0.05) is 0 Å². The molecule has 0 aliphatic rings. The second-order valence-corrected chi connectivity index (χ2v) is 6.22. The molecule has 0 amide bonds. The van der Waals surface area contributed by atoms with Gasteiger partial charge < -0.3 is 4.74 Å². The normalized spacial score (nSPS) is 11.9. The average Bonchev–Trinajstić information content (AvgIpc) is 2.56. The van der Waals surface area contributed by atoms with Gasteiger partial charge in [0.2, 0.25) is 14.9 Å². The van der Waals surface area contributed by atoms with Gasteiger partial charge in [-0.15, -0.1) is 0 Å². The molecule has 0 saturated heterocycles. The fourth-order valence-corrected chi connectivity index (χ4v) is 2.82. The SMILES string of the molecule is N#CC(=NCOCc1ccccc1)S(=O)(=O)c1ccccc1. The third kappa shape index (κ3) is 4.01. The summed E-state index contributed by atoms with van der Waals surface area (Å²) in [5, 5.41) is 8.47. The predicted octanol–water partition coefficient (Wildman–Crippen LogP) is 2.56. The number of nitrogens with zero attached hydrogens (tertiary/aromatic N) is 2. The van der Waals surface area contributed by atoms with Crippen LogP contribution in [-0.4, -0.2) is 20.2 Å². The molecular formula is C16H14N2O3S. The van der Waals surface area contributed by atoms with E-state index in [1.807, 2.05) is 30.3 Å². The van der Waals surface area contributed by atoms with E-state index < -0.39 is 14.9 Å². The fraction of sp³-hybridized carbons (Fsp3) is 0.125. The molecule has 2 aromatic rings. The Bertz CT molecular complexity index is 779. The molecule has 0 fully saturated rings. The van der Waals surface area contributed by atoms with Crippen molar-refractivity contribution in [2.75, 3.05) is 6.73 Å². The zero-order chi connectivity index (χ0) is 15.8. The van der Waals surface area contributed by atoms with E-state index in [1.165, 1.54) is 12.1 Å². The Hall–Kier alpha value is -2.49. The topological polar surface area (TPSA) is 79.5 Å². The second-order valence-electron chi connectivity index (χ2n) is 4.35. The van der Waals surface area contributed by atoms with Gasteiger partial charge in [0.25, 0.3) is 0 Å². The van der Waals surface area contributed by atoms with E-state index in [1.54, 1.807) is 24.3 Å². The Morgan fingerprint density at radius 3 is 2.23 bits per heavy atom. The molecule has 0 N–H and O–H groups in total. The second kappa shape index (κ2) is 7.50. The van der Waals surface area contributed by atoms with E-state index in [-0.39, 0.29) is 11.6 Å². The van der Waals surface area contributed by atoms with Gasteiger partial charge in [0.15, 0.2) is 0 Å². The van der Waals surface area contributed by atoms with Crippen LogP contribution in [-0.2, 0) is 21.2 Å². The third-order valence-electron chi connectivity index (χ3n) is 2.81. The molecule has 112 valence electrons. The molecule has 0 heterocycles. The van der Waals surface area contributed by atoms with Crippen LogP contribution in [0.25, 0.3) is 0 Å². The third-order valence-corrected chi connectivity index (χ3v) is 4.44.